The summed E-state index contributed by atoms with van der Waals surface area (Å²) in [6.45, 7) is 3.86. The zero-order valence-corrected chi connectivity index (χ0v) is 12.9. The summed E-state index contributed by atoms with van der Waals surface area (Å²) in [4.78, 5) is 12.7. The van der Waals surface area contributed by atoms with Crippen LogP contribution >= 0.6 is 11.6 Å². The fourth-order valence-electron chi connectivity index (χ4n) is 1.99. The molecule has 2 aromatic carbocycles. The van der Waals surface area contributed by atoms with E-state index in [1.165, 1.54) is 0 Å². The molecule has 21 heavy (non-hydrogen) atoms. The summed E-state index contributed by atoms with van der Waals surface area (Å²) >= 11 is 5.97. The van der Waals surface area contributed by atoms with Crippen LogP contribution in [0.25, 0.3) is 0 Å². The Balaban J connectivity index is 2.33. The van der Waals surface area contributed by atoms with E-state index in [-0.39, 0.29) is 5.78 Å². The molecule has 0 aliphatic heterocycles. The minimum Gasteiger partial charge on any atom is -0.292 e. The van der Waals surface area contributed by atoms with Gasteiger partial charge in [-0.3, -0.25) is 4.79 Å². The highest BCUT2D eigenvalue weighted by atomic mass is 35.5. The van der Waals surface area contributed by atoms with Gasteiger partial charge in [0.15, 0.2) is 5.78 Å². The molecule has 2 rings (SSSR count). The van der Waals surface area contributed by atoms with Crippen molar-refractivity contribution in [2.45, 2.75) is 20.3 Å². The lowest BCUT2D eigenvalue weighted by molar-refractivity contribution is 0.0874. The third kappa shape index (κ3) is 3.74. The molecule has 0 N–H and O–H groups in total. The van der Waals surface area contributed by atoms with Gasteiger partial charge in [0.1, 0.15) is 0 Å². The van der Waals surface area contributed by atoms with Gasteiger partial charge in [0.2, 0.25) is 0 Å². The summed E-state index contributed by atoms with van der Waals surface area (Å²) < 4.78 is 0. The van der Waals surface area contributed by atoms with Crippen LogP contribution in [-0.4, -0.2) is 5.78 Å². The molecule has 1 nitrogen and oxygen atoms in total. The first-order valence-electron chi connectivity index (χ1n) is 6.94. The normalized spacial score (nSPS) is 12.9. The molecule has 0 spiro atoms. The van der Waals surface area contributed by atoms with Crippen LogP contribution in [0, 0.1) is 17.3 Å². The van der Waals surface area contributed by atoms with Crippen LogP contribution in [0.1, 0.15) is 36.2 Å². The third-order valence-corrected chi connectivity index (χ3v) is 3.79. The maximum absolute atomic E-state index is 12.7. The number of Topliss-reactive ketones (excluding diaryl/α,β-unsaturated/α-hetero) is 1. The molecule has 0 bridgehead atoms. The Bertz CT molecular complexity index is 694. The van der Waals surface area contributed by atoms with Crippen LogP contribution < -0.4 is 0 Å². The lowest BCUT2D eigenvalue weighted by Gasteiger charge is -2.20. The lowest BCUT2D eigenvalue weighted by Crippen LogP contribution is -2.25. The van der Waals surface area contributed by atoms with E-state index in [4.69, 9.17) is 11.6 Å². The average Bonchev–Trinajstić information content (AvgIpc) is 2.53. The number of ketones is 1. The van der Waals surface area contributed by atoms with E-state index < -0.39 is 5.41 Å². The van der Waals surface area contributed by atoms with Gasteiger partial charge in [-0.1, -0.05) is 60.7 Å². The molecule has 106 valence electrons. The number of hydrogen-bond donors (Lipinski definition) is 0. The van der Waals surface area contributed by atoms with Crippen molar-refractivity contribution in [3.8, 4) is 11.8 Å². The monoisotopic (exact) mass is 296 g/mol. The number of rotatable bonds is 3. The van der Waals surface area contributed by atoms with Crippen molar-refractivity contribution in [2.75, 3.05) is 0 Å². The minimum absolute atomic E-state index is 0.0101. The quantitative estimate of drug-likeness (QED) is 0.576. The van der Waals surface area contributed by atoms with E-state index in [1.54, 1.807) is 24.3 Å². The predicted octanol–water partition coefficient (Wildman–Crippen LogP) is 4.99. The summed E-state index contributed by atoms with van der Waals surface area (Å²) in [7, 11) is 0. The summed E-state index contributed by atoms with van der Waals surface area (Å²) in [6.07, 6.45) is 0.651. The second-order valence-electron chi connectivity index (χ2n) is 5.14. The molecule has 0 saturated carbocycles. The molecule has 0 amide bonds. The first kappa shape index (κ1) is 15.4. The van der Waals surface area contributed by atoms with Crippen molar-refractivity contribution in [2.24, 2.45) is 5.41 Å². The van der Waals surface area contributed by atoms with Crippen LogP contribution in [0.3, 0.4) is 0 Å². The highest BCUT2D eigenvalue weighted by Crippen LogP contribution is 2.27. The molecule has 0 aliphatic rings. The molecular formula is C19H17ClO. The molecule has 1 atom stereocenters. The highest BCUT2D eigenvalue weighted by Gasteiger charge is 2.30. The highest BCUT2D eigenvalue weighted by molar-refractivity contribution is 6.31. The molecule has 0 fully saturated rings. The van der Waals surface area contributed by atoms with Gasteiger partial charge in [-0.15, -0.1) is 0 Å². The molecule has 2 aromatic rings. The molecule has 0 heterocycles. The number of carbonyl (C=O) groups excluding carboxylic acids is 1. The van der Waals surface area contributed by atoms with Gasteiger partial charge in [0, 0.05) is 16.1 Å². The third-order valence-electron chi connectivity index (χ3n) is 3.55. The lowest BCUT2D eigenvalue weighted by atomic mass is 9.80. The van der Waals surface area contributed by atoms with Crippen LogP contribution in [-0.2, 0) is 0 Å². The topological polar surface area (TPSA) is 17.1 Å². The number of hydrogen-bond acceptors (Lipinski definition) is 1. The maximum atomic E-state index is 12.7. The molecule has 0 aromatic heterocycles. The standard InChI is InChI=1S/C19H17ClO/c1-3-19(2,13-12-15-8-5-4-6-9-15)18(21)16-10-7-11-17(20)14-16/h4-11,14H,3H2,1-2H3. The van der Waals surface area contributed by atoms with Gasteiger partial charge >= 0.3 is 0 Å². The van der Waals surface area contributed by atoms with E-state index >= 15 is 0 Å². The first-order chi connectivity index (χ1) is 10.0. The summed E-state index contributed by atoms with van der Waals surface area (Å²) in [5.41, 5.74) is 0.811. The summed E-state index contributed by atoms with van der Waals surface area (Å²) in [5, 5.41) is 0.565. The largest absolute Gasteiger partial charge is 0.292 e. The van der Waals surface area contributed by atoms with Crippen molar-refractivity contribution < 1.29 is 4.79 Å². The Morgan fingerprint density at radius 3 is 2.48 bits per heavy atom. The van der Waals surface area contributed by atoms with Crippen molar-refractivity contribution in [3.63, 3.8) is 0 Å². The summed E-state index contributed by atoms with van der Waals surface area (Å²) in [5.74, 6) is 6.24. The Morgan fingerprint density at radius 2 is 1.86 bits per heavy atom. The first-order valence-corrected chi connectivity index (χ1v) is 7.31. The van der Waals surface area contributed by atoms with Gasteiger partial charge < -0.3 is 0 Å². The Labute approximate surface area is 131 Å². The van der Waals surface area contributed by atoms with Crippen molar-refractivity contribution in [1.29, 1.82) is 0 Å². The van der Waals surface area contributed by atoms with Gasteiger partial charge in [0.05, 0.1) is 5.41 Å². The smallest absolute Gasteiger partial charge is 0.180 e. The van der Waals surface area contributed by atoms with E-state index in [2.05, 4.69) is 11.8 Å². The van der Waals surface area contributed by atoms with Crippen LogP contribution in [0.5, 0.6) is 0 Å². The second kappa shape index (κ2) is 6.61. The van der Waals surface area contributed by atoms with Crippen LogP contribution in [0.4, 0.5) is 0 Å². The zero-order valence-electron chi connectivity index (χ0n) is 12.2. The second-order valence-corrected chi connectivity index (χ2v) is 5.58. The van der Waals surface area contributed by atoms with Gasteiger partial charge in [-0.05, 0) is 37.6 Å². The Hall–Kier alpha value is -2.04. The summed E-state index contributed by atoms with van der Waals surface area (Å²) in [6, 6.07) is 16.7. The molecular weight excluding hydrogens is 280 g/mol. The van der Waals surface area contributed by atoms with E-state index in [0.717, 1.165) is 5.56 Å². The van der Waals surface area contributed by atoms with Crippen LogP contribution in [0.2, 0.25) is 5.02 Å². The predicted molar refractivity (Wildman–Crippen MR) is 87.5 cm³/mol. The zero-order chi connectivity index (χ0) is 15.3. The molecule has 2 heteroatoms. The number of carbonyl (C=O) groups is 1. The van der Waals surface area contributed by atoms with Gasteiger partial charge in [-0.25, -0.2) is 0 Å². The number of benzene rings is 2. The van der Waals surface area contributed by atoms with E-state index in [1.807, 2.05) is 44.2 Å². The average molecular weight is 297 g/mol. The SMILES string of the molecule is CCC(C)(C#Cc1ccccc1)C(=O)c1cccc(Cl)c1. The fourth-order valence-corrected chi connectivity index (χ4v) is 2.18. The molecule has 0 saturated heterocycles. The van der Waals surface area contributed by atoms with Crippen molar-refractivity contribution in [1.82, 2.24) is 0 Å². The minimum atomic E-state index is -0.708. The van der Waals surface area contributed by atoms with Crippen molar-refractivity contribution >= 4 is 17.4 Å². The maximum Gasteiger partial charge on any atom is 0.180 e. The Kier molecular flexibility index (Phi) is 4.83. The van der Waals surface area contributed by atoms with E-state index in [0.29, 0.717) is 17.0 Å². The fraction of sp³-hybridized carbons (Fsp3) is 0.211. The van der Waals surface area contributed by atoms with E-state index in [9.17, 15) is 4.79 Å². The Morgan fingerprint density at radius 1 is 1.14 bits per heavy atom. The van der Waals surface area contributed by atoms with Crippen LogP contribution in [0.15, 0.2) is 54.6 Å². The molecule has 0 radical (unpaired) electrons. The van der Waals surface area contributed by atoms with Gasteiger partial charge in [-0.2, -0.15) is 0 Å². The number of halogens is 1. The molecule has 1 unspecified atom stereocenters. The van der Waals surface area contributed by atoms with Gasteiger partial charge in [0.25, 0.3) is 0 Å². The molecule has 0 aliphatic carbocycles. The van der Waals surface area contributed by atoms with Crippen molar-refractivity contribution in [3.05, 3.63) is 70.7 Å².